The van der Waals surface area contributed by atoms with Gasteiger partial charge in [0.05, 0.1) is 5.56 Å². The molecule has 1 heterocycles. The van der Waals surface area contributed by atoms with E-state index in [9.17, 15) is 18.3 Å². The maximum absolute atomic E-state index is 13.0. The smallest absolute Gasteiger partial charge is 0.384 e. The zero-order valence-electron chi connectivity index (χ0n) is 11.1. The minimum absolute atomic E-state index is 0.148. The summed E-state index contributed by atoms with van der Waals surface area (Å²) in [4.78, 5) is 4.15. The Bertz CT molecular complexity index is 603. The van der Waals surface area contributed by atoms with Gasteiger partial charge in [-0.1, -0.05) is 18.2 Å². The molecule has 1 aromatic heterocycles. The van der Waals surface area contributed by atoms with E-state index in [-0.39, 0.29) is 5.56 Å². The van der Waals surface area contributed by atoms with Crippen molar-refractivity contribution in [2.75, 3.05) is 0 Å². The lowest BCUT2D eigenvalue weighted by Crippen LogP contribution is -2.13. The summed E-state index contributed by atoms with van der Waals surface area (Å²) in [5.74, 6) is 0. The first-order valence-corrected chi connectivity index (χ1v) is 6.08. The third-order valence-corrected chi connectivity index (χ3v) is 2.98. The summed E-state index contributed by atoms with van der Waals surface area (Å²) in [6, 6.07) is 8.23. The van der Waals surface area contributed by atoms with Crippen LogP contribution in [0, 0.1) is 13.8 Å². The molecule has 0 spiro atoms. The minimum atomic E-state index is -4.49. The first-order valence-electron chi connectivity index (χ1n) is 6.08. The summed E-state index contributed by atoms with van der Waals surface area (Å²) in [6.07, 6.45) is -5.82. The molecule has 2 rings (SSSR count). The Hall–Kier alpha value is -1.88. The van der Waals surface area contributed by atoms with E-state index >= 15 is 0 Å². The highest BCUT2D eigenvalue weighted by Crippen LogP contribution is 2.36. The Labute approximate surface area is 114 Å². The Morgan fingerprint density at radius 2 is 1.60 bits per heavy atom. The number of aryl methyl sites for hydroxylation is 2. The van der Waals surface area contributed by atoms with Gasteiger partial charge in [0.1, 0.15) is 6.10 Å². The number of aliphatic hydroxyl groups is 1. The Kier molecular flexibility index (Phi) is 3.81. The number of halogens is 3. The number of pyridine rings is 1. The van der Waals surface area contributed by atoms with Crippen LogP contribution in [0.15, 0.2) is 36.4 Å². The number of benzene rings is 1. The van der Waals surface area contributed by atoms with Crippen molar-refractivity contribution in [1.29, 1.82) is 0 Å². The SMILES string of the molecule is Cc1cc(C(O)c2ccccc2C(F)(F)F)cc(C)n1. The van der Waals surface area contributed by atoms with E-state index in [4.69, 9.17) is 0 Å². The molecular formula is C15H14F3NO. The third kappa shape index (κ3) is 2.99. The summed E-state index contributed by atoms with van der Waals surface area (Å²) in [5, 5.41) is 10.3. The van der Waals surface area contributed by atoms with Gasteiger partial charge in [0.15, 0.2) is 0 Å². The van der Waals surface area contributed by atoms with Gasteiger partial charge in [-0.2, -0.15) is 13.2 Å². The highest BCUT2D eigenvalue weighted by Gasteiger charge is 2.34. The minimum Gasteiger partial charge on any atom is -0.384 e. The van der Waals surface area contributed by atoms with Crippen LogP contribution in [-0.2, 0) is 6.18 Å². The highest BCUT2D eigenvalue weighted by atomic mass is 19.4. The second-order valence-electron chi connectivity index (χ2n) is 4.67. The van der Waals surface area contributed by atoms with Gasteiger partial charge in [-0.05, 0) is 43.2 Å². The number of hydrogen-bond donors (Lipinski definition) is 1. The van der Waals surface area contributed by atoms with Crippen molar-refractivity contribution in [3.63, 3.8) is 0 Å². The Morgan fingerprint density at radius 1 is 1.05 bits per heavy atom. The van der Waals surface area contributed by atoms with Gasteiger partial charge in [-0.15, -0.1) is 0 Å². The molecule has 0 aliphatic heterocycles. The van der Waals surface area contributed by atoms with Crippen molar-refractivity contribution >= 4 is 0 Å². The monoisotopic (exact) mass is 281 g/mol. The van der Waals surface area contributed by atoms with Crippen molar-refractivity contribution in [2.45, 2.75) is 26.1 Å². The van der Waals surface area contributed by atoms with Crippen molar-refractivity contribution in [3.8, 4) is 0 Å². The number of aliphatic hydroxyl groups excluding tert-OH is 1. The molecular weight excluding hydrogens is 267 g/mol. The van der Waals surface area contributed by atoms with Gasteiger partial charge in [0.25, 0.3) is 0 Å². The molecule has 0 bridgehead atoms. The van der Waals surface area contributed by atoms with Gasteiger partial charge in [-0.25, -0.2) is 0 Å². The quantitative estimate of drug-likeness (QED) is 0.908. The van der Waals surface area contributed by atoms with E-state index in [1.807, 2.05) is 0 Å². The molecule has 2 nitrogen and oxygen atoms in total. The normalized spacial score (nSPS) is 13.3. The number of rotatable bonds is 2. The zero-order valence-corrected chi connectivity index (χ0v) is 11.1. The molecule has 0 saturated carbocycles. The first kappa shape index (κ1) is 14.5. The summed E-state index contributed by atoms with van der Waals surface area (Å²) in [6.45, 7) is 3.47. The van der Waals surface area contributed by atoms with Crippen LogP contribution in [-0.4, -0.2) is 10.1 Å². The van der Waals surface area contributed by atoms with Gasteiger partial charge in [0.2, 0.25) is 0 Å². The van der Waals surface area contributed by atoms with Crippen LogP contribution in [0.4, 0.5) is 13.2 Å². The Balaban J connectivity index is 2.51. The molecule has 0 aliphatic rings. The lowest BCUT2D eigenvalue weighted by Gasteiger charge is -2.18. The lowest BCUT2D eigenvalue weighted by molar-refractivity contribution is -0.139. The van der Waals surface area contributed by atoms with E-state index in [1.54, 1.807) is 26.0 Å². The predicted octanol–water partition coefficient (Wildman–Crippen LogP) is 3.80. The van der Waals surface area contributed by atoms with Crippen LogP contribution in [0.2, 0.25) is 0 Å². The average molecular weight is 281 g/mol. The molecule has 0 amide bonds. The fourth-order valence-electron chi connectivity index (χ4n) is 2.20. The van der Waals surface area contributed by atoms with Gasteiger partial charge >= 0.3 is 6.18 Å². The van der Waals surface area contributed by atoms with Crippen molar-refractivity contribution in [3.05, 3.63) is 64.5 Å². The molecule has 0 aliphatic carbocycles. The van der Waals surface area contributed by atoms with Crippen LogP contribution in [0.5, 0.6) is 0 Å². The van der Waals surface area contributed by atoms with Crippen LogP contribution in [0.3, 0.4) is 0 Å². The number of hydrogen-bond acceptors (Lipinski definition) is 2. The van der Waals surface area contributed by atoms with Crippen molar-refractivity contribution < 1.29 is 18.3 Å². The van der Waals surface area contributed by atoms with E-state index in [2.05, 4.69) is 4.98 Å². The van der Waals surface area contributed by atoms with Crippen LogP contribution < -0.4 is 0 Å². The zero-order chi connectivity index (χ0) is 14.9. The molecule has 1 N–H and O–H groups in total. The summed E-state index contributed by atoms with van der Waals surface area (Å²) in [5.41, 5.74) is 0.753. The van der Waals surface area contributed by atoms with Crippen LogP contribution in [0.1, 0.15) is 34.2 Å². The topological polar surface area (TPSA) is 33.1 Å². The molecule has 20 heavy (non-hydrogen) atoms. The lowest BCUT2D eigenvalue weighted by atomic mass is 9.96. The number of alkyl halides is 3. The second-order valence-corrected chi connectivity index (χ2v) is 4.67. The summed E-state index contributed by atoms with van der Waals surface area (Å²) < 4.78 is 38.9. The standard InChI is InChI=1S/C15H14F3NO/c1-9-7-11(8-10(2)19-9)14(20)12-5-3-4-6-13(12)15(16,17)18/h3-8,14,20H,1-2H3. The molecule has 0 radical (unpaired) electrons. The van der Waals surface area contributed by atoms with E-state index in [0.29, 0.717) is 17.0 Å². The van der Waals surface area contributed by atoms with E-state index in [0.717, 1.165) is 6.07 Å². The summed E-state index contributed by atoms with van der Waals surface area (Å²) >= 11 is 0. The van der Waals surface area contributed by atoms with Crippen molar-refractivity contribution in [1.82, 2.24) is 4.98 Å². The van der Waals surface area contributed by atoms with Gasteiger partial charge in [0, 0.05) is 11.4 Å². The molecule has 0 saturated heterocycles. The molecule has 0 fully saturated rings. The van der Waals surface area contributed by atoms with Crippen molar-refractivity contribution in [2.24, 2.45) is 0 Å². The second kappa shape index (κ2) is 5.25. The largest absolute Gasteiger partial charge is 0.416 e. The molecule has 1 aromatic carbocycles. The number of aromatic nitrogens is 1. The Morgan fingerprint density at radius 3 is 2.15 bits per heavy atom. The maximum atomic E-state index is 13.0. The molecule has 2 aromatic rings. The number of nitrogens with zero attached hydrogens (tertiary/aromatic N) is 1. The molecule has 106 valence electrons. The predicted molar refractivity (Wildman–Crippen MR) is 69.2 cm³/mol. The van der Waals surface area contributed by atoms with E-state index < -0.39 is 17.8 Å². The van der Waals surface area contributed by atoms with Crippen LogP contribution >= 0.6 is 0 Å². The van der Waals surface area contributed by atoms with E-state index in [1.165, 1.54) is 18.2 Å². The molecule has 5 heteroatoms. The van der Waals surface area contributed by atoms with Gasteiger partial charge in [-0.3, -0.25) is 4.98 Å². The average Bonchev–Trinajstić information content (AvgIpc) is 2.35. The molecule has 1 atom stereocenters. The summed E-state index contributed by atoms with van der Waals surface area (Å²) in [7, 11) is 0. The molecule has 1 unspecified atom stereocenters. The van der Waals surface area contributed by atoms with Gasteiger partial charge < -0.3 is 5.11 Å². The fourth-order valence-corrected chi connectivity index (χ4v) is 2.20. The first-order chi connectivity index (χ1) is 9.29. The maximum Gasteiger partial charge on any atom is 0.416 e. The highest BCUT2D eigenvalue weighted by molar-refractivity contribution is 5.38. The fraction of sp³-hybridized carbons (Fsp3) is 0.267. The third-order valence-electron chi connectivity index (χ3n) is 2.98. The van der Waals surface area contributed by atoms with Crippen LogP contribution in [0.25, 0.3) is 0 Å².